The van der Waals surface area contributed by atoms with E-state index in [-0.39, 0.29) is 5.91 Å². The van der Waals surface area contributed by atoms with E-state index in [4.69, 9.17) is 0 Å². The summed E-state index contributed by atoms with van der Waals surface area (Å²) >= 11 is 3.40. The molecule has 0 saturated carbocycles. The number of nitrogens with one attached hydrogen (secondary N) is 1. The van der Waals surface area contributed by atoms with Gasteiger partial charge in [0.25, 0.3) is 5.91 Å². The minimum Gasteiger partial charge on any atom is -0.354 e. The van der Waals surface area contributed by atoms with Crippen molar-refractivity contribution in [1.29, 1.82) is 0 Å². The Morgan fingerprint density at radius 3 is 2.93 bits per heavy atom. The molecule has 78 valence electrons. The molecule has 0 saturated heterocycles. The van der Waals surface area contributed by atoms with E-state index in [1.165, 1.54) is 0 Å². The molecule has 0 unspecified atom stereocenters. The van der Waals surface area contributed by atoms with Gasteiger partial charge in [-0.15, -0.1) is 0 Å². The lowest BCUT2D eigenvalue weighted by molar-refractivity contribution is 0.0959. The van der Waals surface area contributed by atoms with Gasteiger partial charge in [-0.2, -0.15) is 0 Å². The zero-order valence-electron chi connectivity index (χ0n) is 8.41. The number of imidazole rings is 1. The molecule has 15 heavy (non-hydrogen) atoms. The molecule has 0 bridgehead atoms. The van der Waals surface area contributed by atoms with Gasteiger partial charge in [0, 0.05) is 23.9 Å². The molecule has 0 aliphatic rings. The molecule has 5 heteroatoms. The molecule has 0 aliphatic heterocycles. The fourth-order valence-corrected chi connectivity index (χ4v) is 2.03. The molecule has 0 aromatic carbocycles. The Bertz CT molecular complexity index is 533. The first kappa shape index (κ1) is 10.2. The first-order chi connectivity index (χ1) is 7.11. The van der Waals surface area contributed by atoms with E-state index < -0.39 is 0 Å². The Labute approximate surface area is 95.4 Å². The minimum absolute atomic E-state index is 0.172. The summed E-state index contributed by atoms with van der Waals surface area (Å²) in [5.74, 6) is -0.172. The van der Waals surface area contributed by atoms with E-state index in [2.05, 4.69) is 26.2 Å². The maximum absolute atomic E-state index is 11.4. The van der Waals surface area contributed by atoms with Crippen molar-refractivity contribution < 1.29 is 4.79 Å². The lowest BCUT2D eigenvalue weighted by Gasteiger charge is -1.97. The number of carbonyl (C=O) groups is 1. The highest BCUT2D eigenvalue weighted by molar-refractivity contribution is 9.10. The smallest absolute Gasteiger partial charge is 0.271 e. The standard InChI is InChI=1S/C10H10BrN3O/c1-6-3-7(11)4-14-5-8(10(15)12-2)13-9(6)14/h3-5H,1-2H3,(H,12,15). The highest BCUT2D eigenvalue weighted by Gasteiger charge is 2.10. The summed E-state index contributed by atoms with van der Waals surface area (Å²) in [4.78, 5) is 15.6. The van der Waals surface area contributed by atoms with Gasteiger partial charge >= 0.3 is 0 Å². The Morgan fingerprint density at radius 1 is 1.53 bits per heavy atom. The van der Waals surface area contributed by atoms with Gasteiger partial charge in [-0.1, -0.05) is 0 Å². The van der Waals surface area contributed by atoms with Crippen LogP contribution in [0.4, 0.5) is 0 Å². The first-order valence-electron chi connectivity index (χ1n) is 4.49. The molecular weight excluding hydrogens is 258 g/mol. The fraction of sp³-hybridized carbons (Fsp3) is 0.200. The quantitative estimate of drug-likeness (QED) is 0.856. The molecule has 1 N–H and O–H groups in total. The number of amides is 1. The number of aryl methyl sites for hydroxylation is 1. The zero-order valence-corrected chi connectivity index (χ0v) is 10.00. The number of halogens is 1. The third-order valence-corrected chi connectivity index (χ3v) is 2.60. The van der Waals surface area contributed by atoms with Crippen LogP contribution in [0.5, 0.6) is 0 Å². The number of fused-ring (bicyclic) bond motifs is 1. The zero-order chi connectivity index (χ0) is 11.0. The van der Waals surface area contributed by atoms with Gasteiger partial charge in [0.05, 0.1) is 0 Å². The molecule has 2 aromatic heterocycles. The summed E-state index contributed by atoms with van der Waals surface area (Å²) in [6.45, 7) is 1.96. The van der Waals surface area contributed by atoms with Crippen LogP contribution in [-0.4, -0.2) is 22.3 Å². The van der Waals surface area contributed by atoms with Crippen LogP contribution in [0.3, 0.4) is 0 Å². The third-order valence-electron chi connectivity index (χ3n) is 2.16. The molecule has 1 amide bonds. The van der Waals surface area contributed by atoms with Gasteiger partial charge in [-0.25, -0.2) is 4.98 Å². The Balaban J connectivity index is 2.65. The number of nitrogens with zero attached hydrogens (tertiary/aromatic N) is 2. The van der Waals surface area contributed by atoms with E-state index in [9.17, 15) is 4.79 Å². The maximum atomic E-state index is 11.4. The van der Waals surface area contributed by atoms with Crippen molar-refractivity contribution >= 4 is 27.5 Å². The Hall–Kier alpha value is -1.36. The van der Waals surface area contributed by atoms with Crippen LogP contribution in [0.15, 0.2) is 22.9 Å². The number of aromatic nitrogens is 2. The largest absolute Gasteiger partial charge is 0.354 e. The third kappa shape index (κ3) is 1.74. The molecular formula is C10H10BrN3O. The SMILES string of the molecule is CNC(=O)c1cn2cc(Br)cc(C)c2n1. The van der Waals surface area contributed by atoms with E-state index in [1.54, 1.807) is 13.2 Å². The summed E-state index contributed by atoms with van der Waals surface area (Å²) in [7, 11) is 1.59. The van der Waals surface area contributed by atoms with Crippen molar-refractivity contribution in [1.82, 2.24) is 14.7 Å². The van der Waals surface area contributed by atoms with Gasteiger partial charge in [0.15, 0.2) is 0 Å². The second-order valence-corrected chi connectivity index (χ2v) is 4.19. The topological polar surface area (TPSA) is 46.4 Å². The van der Waals surface area contributed by atoms with Gasteiger partial charge in [0.1, 0.15) is 11.3 Å². The van der Waals surface area contributed by atoms with Crippen molar-refractivity contribution in [2.24, 2.45) is 0 Å². The summed E-state index contributed by atoms with van der Waals surface area (Å²) in [6, 6.07) is 1.97. The normalized spacial score (nSPS) is 10.6. The average molecular weight is 268 g/mol. The lowest BCUT2D eigenvalue weighted by Crippen LogP contribution is -2.17. The van der Waals surface area contributed by atoms with Crippen LogP contribution in [0.1, 0.15) is 16.1 Å². The Morgan fingerprint density at radius 2 is 2.27 bits per heavy atom. The van der Waals surface area contributed by atoms with Gasteiger partial charge in [0.2, 0.25) is 0 Å². The fourth-order valence-electron chi connectivity index (χ4n) is 1.46. The van der Waals surface area contributed by atoms with Crippen molar-refractivity contribution in [3.63, 3.8) is 0 Å². The number of carbonyl (C=O) groups excluding carboxylic acids is 1. The van der Waals surface area contributed by atoms with Crippen LogP contribution in [-0.2, 0) is 0 Å². The average Bonchev–Trinajstić information content (AvgIpc) is 2.60. The monoisotopic (exact) mass is 267 g/mol. The molecule has 0 radical (unpaired) electrons. The molecule has 2 aromatic rings. The lowest BCUT2D eigenvalue weighted by atomic mass is 10.3. The van der Waals surface area contributed by atoms with Crippen LogP contribution in [0.2, 0.25) is 0 Å². The predicted molar refractivity (Wildman–Crippen MR) is 61.0 cm³/mol. The number of rotatable bonds is 1. The number of hydrogen-bond acceptors (Lipinski definition) is 2. The van der Waals surface area contributed by atoms with Gasteiger partial charge in [-0.3, -0.25) is 4.79 Å². The van der Waals surface area contributed by atoms with Crippen molar-refractivity contribution in [2.75, 3.05) is 7.05 Å². The molecule has 0 aliphatic carbocycles. The molecule has 2 heterocycles. The van der Waals surface area contributed by atoms with E-state index in [0.29, 0.717) is 5.69 Å². The van der Waals surface area contributed by atoms with Gasteiger partial charge in [-0.05, 0) is 34.5 Å². The van der Waals surface area contributed by atoms with E-state index in [0.717, 1.165) is 15.7 Å². The number of hydrogen-bond donors (Lipinski definition) is 1. The van der Waals surface area contributed by atoms with E-state index >= 15 is 0 Å². The van der Waals surface area contributed by atoms with Crippen LogP contribution >= 0.6 is 15.9 Å². The second-order valence-electron chi connectivity index (χ2n) is 3.28. The van der Waals surface area contributed by atoms with Crippen LogP contribution in [0, 0.1) is 6.92 Å². The molecule has 0 fully saturated rings. The summed E-state index contributed by atoms with van der Waals surface area (Å²) in [5, 5.41) is 2.55. The summed E-state index contributed by atoms with van der Waals surface area (Å²) in [6.07, 6.45) is 3.59. The highest BCUT2D eigenvalue weighted by atomic mass is 79.9. The van der Waals surface area contributed by atoms with Crippen molar-refractivity contribution in [3.8, 4) is 0 Å². The van der Waals surface area contributed by atoms with Crippen LogP contribution < -0.4 is 5.32 Å². The minimum atomic E-state index is -0.172. The van der Waals surface area contributed by atoms with Crippen molar-refractivity contribution in [3.05, 3.63) is 34.2 Å². The Kier molecular flexibility index (Phi) is 2.48. The molecule has 4 nitrogen and oxygen atoms in total. The molecule has 2 rings (SSSR count). The molecule has 0 atom stereocenters. The number of pyridine rings is 1. The summed E-state index contributed by atoms with van der Waals surface area (Å²) < 4.78 is 2.80. The predicted octanol–water partition coefficient (Wildman–Crippen LogP) is 1.76. The van der Waals surface area contributed by atoms with Crippen LogP contribution in [0.25, 0.3) is 5.65 Å². The van der Waals surface area contributed by atoms with E-state index in [1.807, 2.05) is 23.6 Å². The molecule has 0 spiro atoms. The highest BCUT2D eigenvalue weighted by Crippen LogP contribution is 2.17. The van der Waals surface area contributed by atoms with Gasteiger partial charge < -0.3 is 9.72 Å². The summed E-state index contributed by atoms with van der Waals surface area (Å²) in [5.41, 5.74) is 2.26. The first-order valence-corrected chi connectivity index (χ1v) is 5.28. The maximum Gasteiger partial charge on any atom is 0.271 e. The second kappa shape index (κ2) is 3.66. The van der Waals surface area contributed by atoms with Crippen molar-refractivity contribution in [2.45, 2.75) is 6.92 Å².